The van der Waals surface area contributed by atoms with Crippen molar-refractivity contribution in [3.05, 3.63) is 34.3 Å². The fourth-order valence-electron chi connectivity index (χ4n) is 1.68. The van der Waals surface area contributed by atoms with Crippen molar-refractivity contribution < 1.29 is 4.79 Å². The van der Waals surface area contributed by atoms with Gasteiger partial charge in [-0.1, -0.05) is 29.4 Å². The number of carbonyl (C=O) groups excluding carboxylic acids is 1. The molecule has 0 saturated carbocycles. The highest BCUT2D eigenvalue weighted by Gasteiger charge is 2.14. The summed E-state index contributed by atoms with van der Waals surface area (Å²) >= 11 is 1.68. The molecule has 0 amide bonds. The molecule has 0 atom stereocenters. The van der Waals surface area contributed by atoms with E-state index in [1.54, 1.807) is 11.8 Å². The lowest BCUT2D eigenvalue weighted by atomic mass is 10.1. The predicted octanol–water partition coefficient (Wildman–Crippen LogP) is 4.66. The van der Waals surface area contributed by atoms with Gasteiger partial charge < -0.3 is 0 Å². The van der Waals surface area contributed by atoms with E-state index in [1.807, 2.05) is 0 Å². The van der Waals surface area contributed by atoms with E-state index in [0.717, 1.165) is 29.9 Å². The van der Waals surface area contributed by atoms with E-state index in [9.17, 15) is 4.79 Å². The minimum atomic E-state index is 0.325. The molecule has 0 spiro atoms. The topological polar surface area (TPSA) is 17.1 Å². The van der Waals surface area contributed by atoms with Gasteiger partial charge in [0, 0.05) is 17.1 Å². The molecule has 1 nitrogen and oxygen atoms in total. The Balaban J connectivity index is 2.24. The first-order chi connectivity index (χ1) is 8.09. The Labute approximate surface area is 109 Å². The van der Waals surface area contributed by atoms with Gasteiger partial charge in [0.2, 0.25) is 0 Å². The molecule has 0 aliphatic heterocycles. The summed E-state index contributed by atoms with van der Waals surface area (Å²) in [4.78, 5) is 12.4. The molecule has 0 bridgehead atoms. The van der Waals surface area contributed by atoms with Crippen LogP contribution in [0.5, 0.6) is 0 Å². The monoisotopic (exact) mass is 250 g/mol. The van der Waals surface area contributed by atoms with Crippen molar-refractivity contribution in [2.24, 2.45) is 0 Å². The smallest absolute Gasteiger partial charge is 0.169 e. The highest BCUT2D eigenvalue weighted by atomic mass is 32.2. The van der Waals surface area contributed by atoms with Gasteiger partial charge in [0.15, 0.2) is 5.78 Å². The van der Waals surface area contributed by atoms with Gasteiger partial charge in [-0.25, -0.2) is 0 Å². The fraction of sp³-hybridized carbons (Fsp3) is 0.533. The maximum atomic E-state index is 11.4. The Morgan fingerprint density at radius 1 is 1.35 bits per heavy atom. The molecular weight excluding hydrogens is 228 g/mol. The van der Waals surface area contributed by atoms with Crippen LogP contribution in [0.15, 0.2) is 34.3 Å². The van der Waals surface area contributed by atoms with Gasteiger partial charge in [-0.3, -0.25) is 4.79 Å². The lowest BCUT2D eigenvalue weighted by Crippen LogP contribution is -1.92. The third-order valence-corrected chi connectivity index (χ3v) is 3.78. The minimum Gasteiger partial charge on any atom is -0.294 e. The van der Waals surface area contributed by atoms with Crippen molar-refractivity contribution in [3.8, 4) is 0 Å². The van der Waals surface area contributed by atoms with Crippen LogP contribution < -0.4 is 0 Å². The summed E-state index contributed by atoms with van der Waals surface area (Å²) in [5, 5.41) is 0. The molecule has 0 saturated heterocycles. The second-order valence-corrected chi connectivity index (χ2v) is 5.77. The van der Waals surface area contributed by atoms with Crippen molar-refractivity contribution >= 4 is 17.5 Å². The van der Waals surface area contributed by atoms with Crippen molar-refractivity contribution in [1.29, 1.82) is 0 Å². The van der Waals surface area contributed by atoms with Crippen molar-refractivity contribution in [2.45, 2.75) is 46.5 Å². The normalized spacial score (nSPS) is 16.1. The highest BCUT2D eigenvalue weighted by Crippen LogP contribution is 2.25. The Bertz CT molecular complexity index is 357. The van der Waals surface area contributed by atoms with Crippen LogP contribution in [0, 0.1) is 0 Å². The zero-order valence-corrected chi connectivity index (χ0v) is 11.9. The molecule has 0 fully saturated rings. The second kappa shape index (κ2) is 7.54. The molecule has 0 unspecified atom stereocenters. The third-order valence-electron chi connectivity index (χ3n) is 2.74. The SMILES string of the molecule is CC(C)=CCCC(C)=CCSC1=CCCC1=O. The highest BCUT2D eigenvalue weighted by molar-refractivity contribution is 8.04. The number of allylic oxidation sites excluding steroid dienone is 5. The summed E-state index contributed by atoms with van der Waals surface area (Å²) in [6.07, 6.45) is 10.5. The standard InChI is InChI=1S/C15H22OS/c1-12(2)6-4-7-13(3)10-11-17-15-9-5-8-14(15)16/h6,9-10H,4-5,7-8,11H2,1-3H3. The average molecular weight is 250 g/mol. The summed E-state index contributed by atoms with van der Waals surface area (Å²) in [6, 6.07) is 0. The second-order valence-electron chi connectivity index (χ2n) is 4.71. The lowest BCUT2D eigenvalue weighted by Gasteiger charge is -2.00. The van der Waals surface area contributed by atoms with E-state index in [2.05, 4.69) is 39.0 Å². The van der Waals surface area contributed by atoms with Crippen LogP contribution in [-0.4, -0.2) is 11.5 Å². The summed E-state index contributed by atoms with van der Waals surface area (Å²) in [5.41, 5.74) is 2.80. The summed E-state index contributed by atoms with van der Waals surface area (Å²) in [5.74, 6) is 1.25. The van der Waals surface area contributed by atoms with E-state index in [-0.39, 0.29) is 0 Å². The van der Waals surface area contributed by atoms with Crippen LogP contribution in [0.3, 0.4) is 0 Å². The molecule has 94 valence electrons. The quantitative estimate of drug-likeness (QED) is 0.638. The van der Waals surface area contributed by atoms with Gasteiger partial charge >= 0.3 is 0 Å². The fourth-order valence-corrected chi connectivity index (χ4v) is 2.72. The van der Waals surface area contributed by atoms with E-state index < -0.39 is 0 Å². The van der Waals surface area contributed by atoms with Crippen molar-refractivity contribution in [1.82, 2.24) is 0 Å². The van der Waals surface area contributed by atoms with Gasteiger partial charge in [-0.2, -0.15) is 0 Å². The molecule has 0 radical (unpaired) electrons. The largest absolute Gasteiger partial charge is 0.294 e. The summed E-state index contributed by atoms with van der Waals surface area (Å²) in [6.45, 7) is 6.43. The Kier molecular flexibility index (Phi) is 6.35. The van der Waals surface area contributed by atoms with Crippen LogP contribution >= 0.6 is 11.8 Å². The Hall–Kier alpha value is -0.760. The number of Topliss-reactive ketones (excluding diaryl/α,β-unsaturated/α-hetero) is 1. The molecule has 0 aromatic rings. The average Bonchev–Trinajstić information content (AvgIpc) is 2.64. The van der Waals surface area contributed by atoms with Gasteiger partial charge in [0.25, 0.3) is 0 Å². The number of hydrogen-bond acceptors (Lipinski definition) is 2. The number of thioether (sulfide) groups is 1. The molecule has 0 aromatic heterocycles. The van der Waals surface area contributed by atoms with Crippen LogP contribution in [0.25, 0.3) is 0 Å². The van der Waals surface area contributed by atoms with E-state index in [1.165, 1.54) is 11.1 Å². The number of carbonyl (C=O) groups is 1. The Morgan fingerprint density at radius 3 is 2.71 bits per heavy atom. The lowest BCUT2D eigenvalue weighted by molar-refractivity contribution is -0.114. The van der Waals surface area contributed by atoms with Crippen LogP contribution in [-0.2, 0) is 4.79 Å². The van der Waals surface area contributed by atoms with E-state index in [0.29, 0.717) is 12.2 Å². The third kappa shape index (κ3) is 5.92. The Morgan fingerprint density at radius 2 is 2.12 bits per heavy atom. The van der Waals surface area contributed by atoms with Crippen LogP contribution in [0.2, 0.25) is 0 Å². The predicted molar refractivity (Wildman–Crippen MR) is 77.2 cm³/mol. The van der Waals surface area contributed by atoms with Gasteiger partial charge in [-0.15, -0.1) is 11.8 Å². The van der Waals surface area contributed by atoms with Gasteiger partial charge in [0.05, 0.1) is 0 Å². The molecule has 0 N–H and O–H groups in total. The zero-order chi connectivity index (χ0) is 12.7. The maximum absolute atomic E-state index is 11.4. The summed E-state index contributed by atoms with van der Waals surface area (Å²) < 4.78 is 0. The van der Waals surface area contributed by atoms with E-state index >= 15 is 0 Å². The first kappa shape index (κ1) is 14.3. The molecule has 1 aliphatic rings. The van der Waals surface area contributed by atoms with Gasteiger partial charge in [-0.05, 0) is 40.0 Å². The van der Waals surface area contributed by atoms with E-state index in [4.69, 9.17) is 0 Å². The maximum Gasteiger partial charge on any atom is 0.169 e. The van der Waals surface area contributed by atoms with Crippen LogP contribution in [0.4, 0.5) is 0 Å². The molecule has 17 heavy (non-hydrogen) atoms. The molecule has 2 heteroatoms. The van der Waals surface area contributed by atoms with Crippen molar-refractivity contribution in [2.75, 3.05) is 5.75 Å². The van der Waals surface area contributed by atoms with Gasteiger partial charge in [0.1, 0.15) is 0 Å². The molecule has 1 aliphatic carbocycles. The number of ketones is 1. The first-order valence-corrected chi connectivity index (χ1v) is 7.23. The molecule has 1 rings (SSSR count). The number of rotatable bonds is 6. The molecule has 0 heterocycles. The minimum absolute atomic E-state index is 0.325. The molecule has 0 aromatic carbocycles. The molecular formula is C15H22OS. The number of hydrogen-bond donors (Lipinski definition) is 0. The first-order valence-electron chi connectivity index (χ1n) is 6.24. The zero-order valence-electron chi connectivity index (χ0n) is 11.1. The summed E-state index contributed by atoms with van der Waals surface area (Å²) in [7, 11) is 0. The van der Waals surface area contributed by atoms with Crippen LogP contribution in [0.1, 0.15) is 46.5 Å². The van der Waals surface area contributed by atoms with Crippen molar-refractivity contribution in [3.63, 3.8) is 0 Å².